The number of nitrogens with one attached hydrogen (secondary N) is 1. The maximum absolute atomic E-state index is 12.6. The van der Waals surface area contributed by atoms with E-state index >= 15 is 0 Å². The molecule has 0 spiro atoms. The monoisotopic (exact) mass is 478 g/mol. The summed E-state index contributed by atoms with van der Waals surface area (Å²) in [7, 11) is 0. The number of thiophene rings is 2. The number of ether oxygens (including phenoxy) is 1. The number of esters is 1. The summed E-state index contributed by atoms with van der Waals surface area (Å²) in [6.45, 7) is 8.93. The van der Waals surface area contributed by atoms with Crippen LogP contribution in [-0.4, -0.2) is 39.0 Å². The maximum Gasteiger partial charge on any atom is 0.341 e. The molecule has 0 aromatic carbocycles. The molecule has 0 fully saturated rings. The van der Waals surface area contributed by atoms with Crippen LogP contribution in [0.5, 0.6) is 0 Å². The molecule has 3 rings (SSSR count). The minimum absolute atomic E-state index is 0.170. The van der Waals surface area contributed by atoms with Gasteiger partial charge in [-0.1, -0.05) is 25.6 Å². The van der Waals surface area contributed by atoms with E-state index in [2.05, 4.69) is 33.9 Å². The first-order chi connectivity index (χ1) is 15.0. The van der Waals surface area contributed by atoms with Crippen LogP contribution in [0.25, 0.3) is 11.4 Å². The third-order valence-corrected chi connectivity index (χ3v) is 7.75. The lowest BCUT2D eigenvalue weighted by Gasteiger charge is -2.07. The number of thioether (sulfide) groups is 1. The molecule has 0 radical (unpaired) electrons. The molecule has 0 aliphatic heterocycles. The summed E-state index contributed by atoms with van der Waals surface area (Å²) >= 11 is 4.45. The standard InChI is InChI=1S/C21H26N4O3S3/c1-5-14-9-13(11-29-14)18-23-24-21(25(18)7-3)30-12-17(26)22-19-16(20(27)28-8-4)10-15(6-2)31-19/h9-11H,5-8,12H2,1-4H3,(H,22,26). The number of carbonyl (C=O) groups is 2. The Morgan fingerprint density at radius 1 is 1.13 bits per heavy atom. The van der Waals surface area contributed by atoms with Gasteiger partial charge < -0.3 is 14.6 Å². The number of carbonyl (C=O) groups excluding carboxylic acids is 2. The van der Waals surface area contributed by atoms with Crippen LogP contribution in [-0.2, 0) is 28.9 Å². The van der Waals surface area contributed by atoms with Gasteiger partial charge in [-0.15, -0.1) is 32.9 Å². The summed E-state index contributed by atoms with van der Waals surface area (Å²) in [6.07, 6.45) is 1.77. The zero-order chi connectivity index (χ0) is 22.4. The predicted octanol–water partition coefficient (Wildman–Crippen LogP) is 5.12. The van der Waals surface area contributed by atoms with E-state index in [1.165, 1.54) is 28.0 Å². The van der Waals surface area contributed by atoms with Crippen LogP contribution in [0.1, 0.15) is 47.8 Å². The number of anilines is 1. The highest BCUT2D eigenvalue weighted by molar-refractivity contribution is 7.99. The minimum atomic E-state index is -0.418. The first-order valence-electron chi connectivity index (χ1n) is 10.2. The van der Waals surface area contributed by atoms with E-state index in [-0.39, 0.29) is 18.3 Å². The van der Waals surface area contributed by atoms with Crippen LogP contribution in [0, 0.1) is 0 Å². The van der Waals surface area contributed by atoms with Crippen LogP contribution < -0.4 is 5.32 Å². The Kier molecular flexibility index (Phi) is 8.28. The van der Waals surface area contributed by atoms with E-state index in [1.54, 1.807) is 24.3 Å². The number of amides is 1. The van der Waals surface area contributed by atoms with Gasteiger partial charge in [0.2, 0.25) is 5.91 Å². The molecule has 1 amide bonds. The largest absolute Gasteiger partial charge is 0.462 e. The number of hydrogen-bond acceptors (Lipinski definition) is 8. The van der Waals surface area contributed by atoms with Crippen molar-refractivity contribution < 1.29 is 14.3 Å². The number of aromatic nitrogens is 3. The van der Waals surface area contributed by atoms with Crippen molar-refractivity contribution in [3.63, 3.8) is 0 Å². The first kappa shape index (κ1) is 23.5. The normalized spacial score (nSPS) is 11.0. The first-order valence-corrected chi connectivity index (χ1v) is 12.9. The van der Waals surface area contributed by atoms with E-state index in [0.29, 0.717) is 22.3 Å². The zero-order valence-electron chi connectivity index (χ0n) is 18.1. The second kappa shape index (κ2) is 10.9. The molecule has 31 heavy (non-hydrogen) atoms. The summed E-state index contributed by atoms with van der Waals surface area (Å²) in [4.78, 5) is 27.1. The van der Waals surface area contributed by atoms with E-state index in [1.807, 2.05) is 18.4 Å². The molecule has 0 atom stereocenters. The lowest BCUT2D eigenvalue weighted by atomic mass is 10.2. The molecule has 7 nitrogen and oxygen atoms in total. The number of nitrogens with zero attached hydrogens (tertiary/aromatic N) is 3. The Labute approximate surface area is 194 Å². The molecular weight excluding hydrogens is 452 g/mol. The van der Waals surface area contributed by atoms with Crippen LogP contribution in [0.4, 0.5) is 5.00 Å². The Hall–Kier alpha value is -2.17. The number of rotatable bonds is 10. The summed E-state index contributed by atoms with van der Waals surface area (Å²) in [5, 5.41) is 14.8. The molecule has 1 N–H and O–H groups in total. The SMILES string of the molecule is CCOC(=O)c1cc(CC)sc1NC(=O)CSc1nnc(-c2csc(CC)c2)n1CC. The van der Waals surface area contributed by atoms with Crippen molar-refractivity contribution in [2.24, 2.45) is 0 Å². The van der Waals surface area contributed by atoms with E-state index in [9.17, 15) is 9.59 Å². The Bertz CT molecular complexity index is 1050. The van der Waals surface area contributed by atoms with Gasteiger partial charge in [-0.3, -0.25) is 4.79 Å². The molecule has 0 aliphatic carbocycles. The molecule has 3 aromatic heterocycles. The quantitative estimate of drug-likeness (QED) is 0.321. The average molecular weight is 479 g/mol. The average Bonchev–Trinajstić information content (AvgIpc) is 3.49. The Balaban J connectivity index is 1.69. The van der Waals surface area contributed by atoms with Crippen LogP contribution in [0.2, 0.25) is 0 Å². The van der Waals surface area contributed by atoms with Crippen LogP contribution >= 0.6 is 34.4 Å². The van der Waals surface area contributed by atoms with Crippen molar-refractivity contribution in [3.8, 4) is 11.4 Å². The molecule has 3 heterocycles. The van der Waals surface area contributed by atoms with E-state index < -0.39 is 5.97 Å². The third-order valence-electron chi connectivity index (χ3n) is 4.51. The van der Waals surface area contributed by atoms with E-state index in [0.717, 1.165) is 29.1 Å². The highest BCUT2D eigenvalue weighted by atomic mass is 32.2. The van der Waals surface area contributed by atoms with Gasteiger partial charge in [0.1, 0.15) is 5.00 Å². The van der Waals surface area contributed by atoms with Gasteiger partial charge in [0.25, 0.3) is 0 Å². The fourth-order valence-electron chi connectivity index (χ4n) is 2.94. The molecular formula is C21H26N4O3S3. The number of hydrogen-bond donors (Lipinski definition) is 1. The van der Waals surface area contributed by atoms with Gasteiger partial charge in [-0.25, -0.2) is 4.79 Å². The van der Waals surface area contributed by atoms with Crippen molar-refractivity contribution >= 4 is 51.3 Å². The lowest BCUT2D eigenvalue weighted by molar-refractivity contribution is -0.113. The van der Waals surface area contributed by atoms with Gasteiger partial charge in [0.15, 0.2) is 11.0 Å². The molecule has 166 valence electrons. The van der Waals surface area contributed by atoms with Crippen molar-refractivity contribution in [1.82, 2.24) is 14.8 Å². The molecule has 0 unspecified atom stereocenters. The molecule has 3 aromatic rings. The molecule has 0 saturated carbocycles. The molecule has 10 heteroatoms. The highest BCUT2D eigenvalue weighted by Gasteiger charge is 2.20. The molecule has 0 saturated heterocycles. The van der Waals surface area contributed by atoms with E-state index in [4.69, 9.17) is 4.74 Å². The smallest absolute Gasteiger partial charge is 0.341 e. The summed E-state index contributed by atoms with van der Waals surface area (Å²) in [5.41, 5.74) is 1.46. The minimum Gasteiger partial charge on any atom is -0.462 e. The van der Waals surface area contributed by atoms with Gasteiger partial charge in [0.05, 0.1) is 17.9 Å². The topological polar surface area (TPSA) is 86.1 Å². The summed E-state index contributed by atoms with van der Waals surface area (Å²) in [5.74, 6) is 0.371. The second-order valence-electron chi connectivity index (χ2n) is 6.57. The van der Waals surface area contributed by atoms with Gasteiger partial charge in [-0.2, -0.15) is 0 Å². The van der Waals surface area contributed by atoms with Crippen LogP contribution in [0.15, 0.2) is 22.7 Å². The Morgan fingerprint density at radius 3 is 2.55 bits per heavy atom. The van der Waals surface area contributed by atoms with Crippen molar-refractivity contribution in [2.75, 3.05) is 17.7 Å². The number of aryl methyl sites for hydroxylation is 2. The van der Waals surface area contributed by atoms with Crippen LogP contribution in [0.3, 0.4) is 0 Å². The fourth-order valence-corrected chi connectivity index (χ4v) is 5.56. The van der Waals surface area contributed by atoms with Crippen molar-refractivity contribution in [1.29, 1.82) is 0 Å². The van der Waals surface area contributed by atoms with Gasteiger partial charge >= 0.3 is 5.97 Å². The lowest BCUT2D eigenvalue weighted by Crippen LogP contribution is -2.16. The zero-order valence-corrected chi connectivity index (χ0v) is 20.5. The molecule has 0 aliphatic rings. The summed E-state index contributed by atoms with van der Waals surface area (Å²) < 4.78 is 7.13. The predicted molar refractivity (Wildman–Crippen MR) is 127 cm³/mol. The third kappa shape index (κ3) is 5.55. The second-order valence-corrected chi connectivity index (χ2v) is 9.65. The maximum atomic E-state index is 12.6. The van der Waals surface area contributed by atoms with Crippen molar-refractivity contribution in [3.05, 3.63) is 32.8 Å². The van der Waals surface area contributed by atoms with Crippen molar-refractivity contribution in [2.45, 2.75) is 52.2 Å². The van der Waals surface area contributed by atoms with Gasteiger partial charge in [0, 0.05) is 27.2 Å². The Morgan fingerprint density at radius 2 is 1.90 bits per heavy atom. The van der Waals surface area contributed by atoms with Gasteiger partial charge in [-0.05, 0) is 38.8 Å². The fraction of sp³-hybridized carbons (Fsp3) is 0.429. The molecule has 0 bridgehead atoms. The summed E-state index contributed by atoms with van der Waals surface area (Å²) in [6, 6.07) is 3.93. The highest BCUT2D eigenvalue weighted by Crippen LogP contribution is 2.31.